The van der Waals surface area contributed by atoms with E-state index in [-0.39, 0.29) is 18.2 Å². The molecular weight excluding hydrogens is 559 g/mol. The third-order valence-electron chi connectivity index (χ3n) is 6.41. The molecule has 224 valence electrons. The van der Waals surface area contributed by atoms with Gasteiger partial charge in [0.05, 0.1) is 13.2 Å². The van der Waals surface area contributed by atoms with Gasteiger partial charge in [-0.2, -0.15) is 9.97 Å². The van der Waals surface area contributed by atoms with Crippen LogP contribution in [0.3, 0.4) is 0 Å². The van der Waals surface area contributed by atoms with Crippen LogP contribution in [0.25, 0.3) is 0 Å². The Bertz CT molecular complexity index is 1280. The normalized spacial score (nSPS) is 34.3. The van der Waals surface area contributed by atoms with E-state index in [0.29, 0.717) is 0 Å². The molecule has 11 N–H and O–H groups in total. The van der Waals surface area contributed by atoms with Crippen molar-refractivity contribution in [2.75, 3.05) is 31.0 Å². The zero-order chi connectivity index (χ0) is 30.0. The summed E-state index contributed by atoms with van der Waals surface area (Å²) in [6.07, 6.45) is -4.91. The lowest BCUT2D eigenvalue weighted by atomic mass is 9.96. The fourth-order valence-corrected chi connectivity index (χ4v) is 4.58. The number of aliphatic hydroxyl groups excluding tert-OH is 4. The summed E-state index contributed by atoms with van der Waals surface area (Å²) in [5.41, 5.74) is 5.82. The molecule has 3 unspecified atom stereocenters. The predicted molar refractivity (Wildman–Crippen MR) is 136 cm³/mol. The predicted octanol–water partition coefficient (Wildman–Crippen LogP) is -4.07. The number of hydrogen-bond acceptors (Lipinski definition) is 16. The Morgan fingerprint density at radius 3 is 1.73 bits per heavy atom. The number of rotatable bonds is 7. The number of hydrogen-bond donors (Lipinski definition) is 9. The average Bonchev–Trinajstić information content (AvgIpc) is 3.25. The highest BCUT2D eigenvalue weighted by Crippen LogP contribution is 2.40. The van der Waals surface area contributed by atoms with Crippen LogP contribution in [0.15, 0.2) is 34.1 Å². The van der Waals surface area contributed by atoms with Crippen LogP contribution < -0.4 is 22.8 Å². The van der Waals surface area contributed by atoms with Crippen LogP contribution in [0, 0.1) is 0 Å². The highest BCUT2D eigenvalue weighted by atomic mass is 31.2. The molecule has 0 amide bonds. The maximum absolute atomic E-state index is 11.8. The van der Waals surface area contributed by atoms with Gasteiger partial charge in [0.1, 0.15) is 53.6 Å². The number of ether oxygens (including phenoxy) is 2. The number of aliphatic hydroxyl groups is 6. The second-order valence-corrected chi connectivity index (χ2v) is 10.7. The van der Waals surface area contributed by atoms with E-state index in [1.165, 1.54) is 38.4 Å². The minimum absolute atomic E-state index is 0.0215. The van der Waals surface area contributed by atoms with Crippen LogP contribution >= 0.6 is 8.38 Å². The SMILES string of the molecule is C[C@@]1(O)C(O)[C@@H](CO)O[C@H]1n1ccc(N)nc1=O.C[C@@]1(O)C(O)[C@@H](COP(O)CO)O[C@H]1n1ccc(N)nc1=O. The van der Waals surface area contributed by atoms with Crippen molar-refractivity contribution in [2.45, 2.75) is 61.9 Å². The summed E-state index contributed by atoms with van der Waals surface area (Å²) < 4.78 is 17.7. The second kappa shape index (κ2) is 12.5. The van der Waals surface area contributed by atoms with Gasteiger partial charge in [0, 0.05) is 12.4 Å². The molecule has 0 aromatic carbocycles. The summed E-state index contributed by atoms with van der Waals surface area (Å²) in [6, 6.07) is 2.73. The van der Waals surface area contributed by atoms with Crippen molar-refractivity contribution in [1.82, 2.24) is 19.1 Å². The zero-order valence-corrected chi connectivity index (χ0v) is 22.4. The Balaban J connectivity index is 0.000000225. The van der Waals surface area contributed by atoms with Crippen molar-refractivity contribution in [3.8, 4) is 0 Å². The molecule has 2 fully saturated rings. The minimum Gasteiger partial charge on any atom is -0.394 e. The Morgan fingerprint density at radius 1 is 0.925 bits per heavy atom. The molecule has 4 heterocycles. The van der Waals surface area contributed by atoms with Gasteiger partial charge < -0.3 is 61.0 Å². The van der Waals surface area contributed by atoms with Crippen LogP contribution in [0.4, 0.5) is 11.6 Å². The van der Waals surface area contributed by atoms with Gasteiger partial charge in [-0.05, 0) is 26.0 Å². The van der Waals surface area contributed by atoms with Gasteiger partial charge in [-0.25, -0.2) is 9.59 Å². The quantitative estimate of drug-likeness (QED) is 0.138. The van der Waals surface area contributed by atoms with Gasteiger partial charge in [-0.1, -0.05) is 0 Å². The van der Waals surface area contributed by atoms with Crippen molar-refractivity contribution >= 4 is 20.0 Å². The van der Waals surface area contributed by atoms with Gasteiger partial charge in [0.2, 0.25) is 0 Å². The molecule has 2 aliphatic heterocycles. The number of anilines is 2. The first kappa shape index (κ1) is 31.9. The maximum atomic E-state index is 11.8. The third-order valence-corrected chi connectivity index (χ3v) is 7.10. The first-order chi connectivity index (χ1) is 18.6. The molecule has 2 aliphatic rings. The van der Waals surface area contributed by atoms with Gasteiger partial charge in [0.25, 0.3) is 0 Å². The van der Waals surface area contributed by atoms with Crippen LogP contribution in [-0.2, 0) is 14.0 Å². The number of nitrogens with zero attached hydrogens (tertiary/aromatic N) is 4. The molecular formula is C21H33N6O12P. The fraction of sp³-hybridized carbons (Fsp3) is 0.619. The van der Waals surface area contributed by atoms with E-state index in [9.17, 15) is 34.9 Å². The summed E-state index contributed by atoms with van der Waals surface area (Å²) in [5.74, 6) is 0.0707. The van der Waals surface area contributed by atoms with E-state index in [1.807, 2.05) is 0 Å². The molecule has 0 spiro atoms. The fourth-order valence-electron chi connectivity index (χ4n) is 4.18. The first-order valence-corrected chi connectivity index (χ1v) is 13.2. The summed E-state index contributed by atoms with van der Waals surface area (Å²) >= 11 is 0. The molecule has 0 saturated carbocycles. The Labute approximate surface area is 227 Å². The van der Waals surface area contributed by atoms with Crippen LogP contribution in [0.5, 0.6) is 0 Å². The lowest BCUT2D eigenvalue weighted by molar-refractivity contribution is -0.0986. The summed E-state index contributed by atoms with van der Waals surface area (Å²) in [5, 5.41) is 58.2. The van der Waals surface area contributed by atoms with E-state index >= 15 is 0 Å². The minimum atomic E-state index is -2.04. The smallest absolute Gasteiger partial charge is 0.351 e. The van der Waals surface area contributed by atoms with Gasteiger partial charge in [0.15, 0.2) is 20.8 Å². The molecule has 4 rings (SSSR count). The van der Waals surface area contributed by atoms with Gasteiger partial charge >= 0.3 is 11.4 Å². The summed E-state index contributed by atoms with van der Waals surface area (Å²) in [6.45, 7) is 1.90. The largest absolute Gasteiger partial charge is 0.394 e. The molecule has 2 saturated heterocycles. The molecule has 2 aromatic rings. The Morgan fingerprint density at radius 2 is 1.35 bits per heavy atom. The molecule has 9 atom stereocenters. The molecule has 0 aliphatic carbocycles. The lowest BCUT2D eigenvalue weighted by Crippen LogP contribution is -2.46. The van der Waals surface area contributed by atoms with E-state index in [1.54, 1.807) is 0 Å². The Kier molecular flexibility index (Phi) is 9.97. The van der Waals surface area contributed by atoms with E-state index in [4.69, 9.17) is 35.7 Å². The maximum Gasteiger partial charge on any atom is 0.351 e. The van der Waals surface area contributed by atoms with Crippen LogP contribution in [0.2, 0.25) is 0 Å². The van der Waals surface area contributed by atoms with Crippen molar-refractivity contribution in [3.63, 3.8) is 0 Å². The summed E-state index contributed by atoms with van der Waals surface area (Å²) in [4.78, 5) is 39.7. The van der Waals surface area contributed by atoms with E-state index < -0.39 is 80.8 Å². The highest BCUT2D eigenvalue weighted by Gasteiger charge is 2.54. The Hall–Kier alpha value is -2.61. The number of nitrogens with two attached hydrogens (primary N) is 2. The van der Waals surface area contributed by atoms with Gasteiger partial charge in [-0.3, -0.25) is 9.13 Å². The lowest BCUT2D eigenvalue weighted by Gasteiger charge is -2.27. The highest BCUT2D eigenvalue weighted by molar-refractivity contribution is 7.45. The standard InChI is InChI=1S/C11H18N3O7P.C10H15N3O5/c1-11(18)8(16)6(4-20-22(19)5-15)21-9(11)14-3-2-7(12)13-10(14)17;1-10(17)7(15)5(4-14)18-8(10)13-3-2-6(11)12-9(13)16/h2-3,6,8-9,15-16,18-19H,4-5H2,1H3,(H2,12,13,17);2-3,5,7-8,14-15,17H,4H2,1H3,(H2,11,12,16)/t6-,8?,9-,11-,22?;5-,7?,8-,10-/m11/s1. The topological polar surface area (TPSA) is 291 Å². The van der Waals surface area contributed by atoms with Crippen molar-refractivity contribution < 1.29 is 49.5 Å². The van der Waals surface area contributed by atoms with Crippen molar-refractivity contribution in [2.24, 2.45) is 0 Å². The van der Waals surface area contributed by atoms with Crippen LogP contribution in [-0.4, -0.2) is 110 Å². The molecule has 0 radical (unpaired) electrons. The van der Waals surface area contributed by atoms with Crippen LogP contribution in [0.1, 0.15) is 26.3 Å². The average molecular weight is 592 g/mol. The second-order valence-electron chi connectivity index (χ2n) is 9.45. The molecule has 2 aromatic heterocycles. The first-order valence-electron chi connectivity index (χ1n) is 11.8. The molecule has 40 heavy (non-hydrogen) atoms. The van der Waals surface area contributed by atoms with E-state index in [0.717, 1.165) is 9.13 Å². The summed E-state index contributed by atoms with van der Waals surface area (Å²) in [7, 11) is -2.04. The molecule has 0 bridgehead atoms. The monoisotopic (exact) mass is 592 g/mol. The third kappa shape index (κ3) is 6.48. The van der Waals surface area contributed by atoms with Crippen molar-refractivity contribution in [1.29, 1.82) is 0 Å². The number of aromatic nitrogens is 4. The number of nitrogen functional groups attached to an aromatic ring is 2. The molecule has 19 heteroatoms. The van der Waals surface area contributed by atoms with E-state index in [2.05, 4.69) is 9.97 Å². The molecule has 18 nitrogen and oxygen atoms in total. The van der Waals surface area contributed by atoms with Crippen molar-refractivity contribution in [3.05, 3.63) is 45.5 Å². The van der Waals surface area contributed by atoms with Gasteiger partial charge in [-0.15, -0.1) is 0 Å². The zero-order valence-electron chi connectivity index (χ0n) is 21.5.